The second-order valence-electron chi connectivity index (χ2n) is 5.56. The molecule has 0 saturated heterocycles. The van der Waals surface area contributed by atoms with Gasteiger partial charge in [-0.05, 0) is 58.1 Å². The zero-order valence-corrected chi connectivity index (χ0v) is 15.9. The maximum atomic E-state index is 4.37. The maximum Gasteiger partial charge on any atom is 0.0596 e. The molecule has 0 saturated carbocycles. The smallest absolute Gasteiger partial charge is 0.0596 e. The van der Waals surface area contributed by atoms with Gasteiger partial charge in [0.05, 0.1) is 11.4 Å². The van der Waals surface area contributed by atoms with Gasteiger partial charge in [0.1, 0.15) is 0 Å². The molecule has 130 valence electrons. The van der Waals surface area contributed by atoms with Gasteiger partial charge in [0.25, 0.3) is 0 Å². The Balaban J connectivity index is 0.000000190. The lowest BCUT2D eigenvalue weighted by atomic mass is 10.1. The van der Waals surface area contributed by atoms with E-state index in [9.17, 15) is 0 Å². The van der Waals surface area contributed by atoms with E-state index in [-0.39, 0.29) is 0 Å². The number of aromatic nitrogens is 4. The average Bonchev–Trinajstić information content (AvgIpc) is 3.25. The molecule has 2 aromatic rings. The standard InChI is InChI=1S/C8H12N2.C7H10N2.2C2H6/c1-7-6-8-4-2-3-5-10(8)9-7;1-6-5-7-3-2-4-9(7)8-6;2*1-2/h6H,2-5H2,1H3;5H,2-4H2,1H3;2*1-2H3. The van der Waals surface area contributed by atoms with Crippen LogP contribution in [0.25, 0.3) is 0 Å². The molecule has 2 aromatic heterocycles. The molecule has 2 aliphatic heterocycles. The fourth-order valence-electron chi connectivity index (χ4n) is 2.97. The van der Waals surface area contributed by atoms with Crippen LogP contribution in [0.3, 0.4) is 0 Å². The summed E-state index contributed by atoms with van der Waals surface area (Å²) in [6, 6.07) is 4.37. The van der Waals surface area contributed by atoms with E-state index in [1.54, 1.807) is 0 Å². The molecule has 0 amide bonds. The molecular weight excluding hydrogens is 284 g/mol. The summed E-state index contributed by atoms with van der Waals surface area (Å²) in [6.07, 6.45) is 6.36. The molecule has 0 atom stereocenters. The third-order valence-corrected chi connectivity index (χ3v) is 3.83. The molecule has 4 rings (SSSR count). The van der Waals surface area contributed by atoms with Crippen LogP contribution in [0.1, 0.15) is 69.7 Å². The number of hydrogen-bond acceptors (Lipinski definition) is 2. The van der Waals surface area contributed by atoms with Crippen molar-refractivity contribution in [2.75, 3.05) is 0 Å². The highest BCUT2D eigenvalue weighted by atomic mass is 15.3. The van der Waals surface area contributed by atoms with Crippen LogP contribution < -0.4 is 0 Å². The highest BCUT2D eigenvalue weighted by Gasteiger charge is 2.10. The predicted molar refractivity (Wildman–Crippen MR) is 97.9 cm³/mol. The third kappa shape index (κ3) is 5.52. The minimum atomic E-state index is 1.13. The lowest BCUT2D eigenvalue weighted by Crippen LogP contribution is -2.10. The minimum Gasteiger partial charge on any atom is -0.269 e. The van der Waals surface area contributed by atoms with Gasteiger partial charge in [-0.1, -0.05) is 27.7 Å². The van der Waals surface area contributed by atoms with E-state index >= 15 is 0 Å². The fraction of sp³-hybridized carbons (Fsp3) is 0.684. The molecule has 4 heterocycles. The van der Waals surface area contributed by atoms with Crippen LogP contribution >= 0.6 is 0 Å². The van der Waals surface area contributed by atoms with Crippen molar-refractivity contribution in [2.45, 2.75) is 86.7 Å². The van der Waals surface area contributed by atoms with E-state index in [4.69, 9.17) is 0 Å². The van der Waals surface area contributed by atoms with Gasteiger partial charge < -0.3 is 0 Å². The van der Waals surface area contributed by atoms with Crippen LogP contribution in [-0.4, -0.2) is 19.6 Å². The van der Waals surface area contributed by atoms with Crippen molar-refractivity contribution in [1.29, 1.82) is 0 Å². The Kier molecular flexibility index (Phi) is 8.67. The summed E-state index contributed by atoms with van der Waals surface area (Å²) in [6.45, 7) is 14.4. The van der Waals surface area contributed by atoms with Gasteiger partial charge in [-0.2, -0.15) is 10.2 Å². The van der Waals surface area contributed by atoms with Crippen molar-refractivity contribution in [1.82, 2.24) is 19.6 Å². The van der Waals surface area contributed by atoms with Crippen LogP contribution in [0.2, 0.25) is 0 Å². The Hall–Kier alpha value is -1.58. The largest absolute Gasteiger partial charge is 0.269 e. The molecule has 0 fully saturated rings. The summed E-state index contributed by atoms with van der Waals surface area (Å²) < 4.78 is 4.24. The SMILES string of the molecule is CC.CC.Cc1cc2n(n1)CCC2.Cc1cc2n(n1)CCCC2. The number of hydrogen-bond donors (Lipinski definition) is 0. The van der Waals surface area contributed by atoms with Gasteiger partial charge in [0, 0.05) is 24.5 Å². The first-order chi connectivity index (χ1) is 11.2. The van der Waals surface area contributed by atoms with Gasteiger partial charge in [-0.25, -0.2) is 0 Å². The molecule has 4 heteroatoms. The number of aryl methyl sites for hydroxylation is 6. The molecule has 0 aliphatic carbocycles. The Morgan fingerprint density at radius 2 is 1.13 bits per heavy atom. The maximum absolute atomic E-state index is 4.37. The monoisotopic (exact) mass is 318 g/mol. The van der Waals surface area contributed by atoms with Gasteiger partial charge in [-0.3, -0.25) is 9.36 Å². The van der Waals surface area contributed by atoms with Crippen molar-refractivity contribution in [3.63, 3.8) is 0 Å². The summed E-state index contributed by atoms with van der Waals surface area (Å²) in [7, 11) is 0. The van der Waals surface area contributed by atoms with Crippen molar-refractivity contribution in [2.24, 2.45) is 0 Å². The third-order valence-electron chi connectivity index (χ3n) is 3.83. The highest BCUT2D eigenvalue weighted by Crippen LogP contribution is 2.14. The number of fused-ring (bicyclic) bond motifs is 2. The van der Waals surface area contributed by atoms with E-state index in [1.807, 2.05) is 34.6 Å². The lowest BCUT2D eigenvalue weighted by molar-refractivity contribution is 0.484. The molecule has 0 spiro atoms. The van der Waals surface area contributed by atoms with Crippen LogP contribution in [0, 0.1) is 13.8 Å². The van der Waals surface area contributed by atoms with E-state index in [1.165, 1.54) is 43.5 Å². The van der Waals surface area contributed by atoms with Crippen molar-refractivity contribution in [3.05, 3.63) is 34.9 Å². The van der Waals surface area contributed by atoms with E-state index in [0.717, 1.165) is 24.5 Å². The quantitative estimate of drug-likeness (QED) is 0.704. The fourth-order valence-corrected chi connectivity index (χ4v) is 2.97. The zero-order valence-electron chi connectivity index (χ0n) is 15.9. The summed E-state index contributed by atoms with van der Waals surface area (Å²) in [5.41, 5.74) is 5.15. The lowest BCUT2D eigenvalue weighted by Gasteiger charge is -2.11. The normalized spacial score (nSPS) is 14.2. The first-order valence-corrected chi connectivity index (χ1v) is 9.29. The van der Waals surface area contributed by atoms with E-state index in [0.29, 0.717) is 0 Å². The Bertz CT molecular complexity index is 521. The Morgan fingerprint density at radius 3 is 1.61 bits per heavy atom. The Labute approximate surface area is 141 Å². The van der Waals surface area contributed by atoms with Gasteiger partial charge in [-0.15, -0.1) is 0 Å². The second kappa shape index (κ2) is 10.2. The molecule has 2 aliphatic rings. The van der Waals surface area contributed by atoms with Crippen LogP contribution in [0.4, 0.5) is 0 Å². The molecular formula is C19H34N4. The molecule has 0 bridgehead atoms. The first-order valence-electron chi connectivity index (χ1n) is 9.29. The second-order valence-corrected chi connectivity index (χ2v) is 5.56. The predicted octanol–water partition coefficient (Wildman–Crippen LogP) is 4.72. The minimum absolute atomic E-state index is 1.13. The molecule has 0 unspecified atom stereocenters. The molecule has 4 nitrogen and oxygen atoms in total. The van der Waals surface area contributed by atoms with Gasteiger partial charge in [0.2, 0.25) is 0 Å². The van der Waals surface area contributed by atoms with Crippen molar-refractivity contribution in [3.8, 4) is 0 Å². The van der Waals surface area contributed by atoms with Crippen molar-refractivity contribution < 1.29 is 0 Å². The van der Waals surface area contributed by atoms with Crippen LogP contribution in [0.5, 0.6) is 0 Å². The molecule has 0 N–H and O–H groups in total. The number of nitrogens with zero attached hydrogens (tertiary/aromatic N) is 4. The number of rotatable bonds is 0. The zero-order chi connectivity index (χ0) is 17.2. The topological polar surface area (TPSA) is 35.6 Å². The summed E-state index contributed by atoms with van der Waals surface area (Å²) >= 11 is 0. The van der Waals surface area contributed by atoms with E-state index in [2.05, 4.69) is 38.6 Å². The van der Waals surface area contributed by atoms with Gasteiger partial charge >= 0.3 is 0 Å². The molecule has 0 radical (unpaired) electrons. The molecule has 23 heavy (non-hydrogen) atoms. The molecule has 0 aromatic carbocycles. The Morgan fingerprint density at radius 1 is 0.696 bits per heavy atom. The highest BCUT2D eigenvalue weighted by molar-refractivity contribution is 5.11. The summed E-state index contributed by atoms with van der Waals surface area (Å²) in [4.78, 5) is 0. The van der Waals surface area contributed by atoms with E-state index < -0.39 is 0 Å². The van der Waals surface area contributed by atoms with Crippen molar-refractivity contribution >= 4 is 0 Å². The summed E-state index contributed by atoms with van der Waals surface area (Å²) in [5.74, 6) is 0. The van der Waals surface area contributed by atoms with Gasteiger partial charge in [0.15, 0.2) is 0 Å². The van der Waals surface area contributed by atoms with Crippen LogP contribution in [-0.2, 0) is 25.9 Å². The van der Waals surface area contributed by atoms with Crippen LogP contribution in [0.15, 0.2) is 12.1 Å². The average molecular weight is 319 g/mol. The summed E-state index contributed by atoms with van der Waals surface area (Å²) in [5, 5.41) is 8.68. The first kappa shape index (κ1) is 19.5.